The average Bonchev–Trinajstić information content (AvgIpc) is 2.98. The zero-order chi connectivity index (χ0) is 27.2. The van der Waals surface area contributed by atoms with Gasteiger partial charge in [0, 0.05) is 26.0 Å². The van der Waals surface area contributed by atoms with E-state index in [-0.39, 0.29) is 17.9 Å². The van der Waals surface area contributed by atoms with Gasteiger partial charge in [0.25, 0.3) is 5.56 Å². The van der Waals surface area contributed by atoms with Gasteiger partial charge in [-0.2, -0.15) is 0 Å². The Hall–Kier alpha value is -4.62. The van der Waals surface area contributed by atoms with Crippen LogP contribution in [0.25, 0.3) is 27.7 Å². The Morgan fingerprint density at radius 2 is 1.56 bits per heavy atom. The van der Waals surface area contributed by atoms with Crippen molar-refractivity contribution in [2.75, 3.05) is 20.3 Å². The minimum atomic E-state index is -0.498. The van der Waals surface area contributed by atoms with E-state index in [0.29, 0.717) is 35.6 Å². The van der Waals surface area contributed by atoms with Crippen molar-refractivity contribution in [3.05, 3.63) is 125 Å². The number of pyridine rings is 1. The fourth-order valence-corrected chi connectivity index (χ4v) is 4.76. The van der Waals surface area contributed by atoms with E-state index in [4.69, 9.17) is 9.72 Å². The van der Waals surface area contributed by atoms with Crippen LogP contribution in [0.15, 0.2) is 108 Å². The molecule has 0 aliphatic rings. The SMILES string of the molecule is COCCN(C(=O)Cc1ccc(-c2ccccc2)cc1)C(C)c1nc2ccccc2c(=O)n1-c1ccncc1. The quantitative estimate of drug-likeness (QED) is 0.267. The van der Waals surface area contributed by atoms with Crippen molar-refractivity contribution in [2.45, 2.75) is 19.4 Å². The van der Waals surface area contributed by atoms with E-state index in [1.165, 1.54) is 0 Å². The number of methoxy groups -OCH3 is 1. The van der Waals surface area contributed by atoms with Crippen LogP contribution < -0.4 is 5.56 Å². The van der Waals surface area contributed by atoms with Gasteiger partial charge >= 0.3 is 0 Å². The van der Waals surface area contributed by atoms with Gasteiger partial charge in [0.15, 0.2) is 0 Å². The second-order valence-corrected chi connectivity index (χ2v) is 9.33. The Kier molecular flexibility index (Phi) is 7.89. The lowest BCUT2D eigenvalue weighted by Gasteiger charge is -2.30. The van der Waals surface area contributed by atoms with E-state index in [2.05, 4.69) is 17.1 Å². The van der Waals surface area contributed by atoms with Crippen LogP contribution in [0.1, 0.15) is 24.4 Å². The smallest absolute Gasteiger partial charge is 0.266 e. The maximum atomic E-state index is 13.7. The molecule has 39 heavy (non-hydrogen) atoms. The highest BCUT2D eigenvalue weighted by molar-refractivity contribution is 5.80. The highest BCUT2D eigenvalue weighted by atomic mass is 16.5. The third kappa shape index (κ3) is 5.63. The van der Waals surface area contributed by atoms with Crippen molar-refractivity contribution in [2.24, 2.45) is 0 Å². The van der Waals surface area contributed by atoms with Crippen LogP contribution in [0.3, 0.4) is 0 Å². The van der Waals surface area contributed by atoms with E-state index < -0.39 is 6.04 Å². The van der Waals surface area contributed by atoms with Crippen molar-refractivity contribution < 1.29 is 9.53 Å². The highest BCUT2D eigenvalue weighted by Gasteiger charge is 2.27. The summed E-state index contributed by atoms with van der Waals surface area (Å²) in [6, 6.07) is 28.5. The third-order valence-corrected chi connectivity index (χ3v) is 6.84. The number of amides is 1. The molecule has 0 saturated carbocycles. The Morgan fingerprint density at radius 3 is 2.28 bits per heavy atom. The van der Waals surface area contributed by atoms with Crippen LogP contribution in [0.2, 0.25) is 0 Å². The van der Waals surface area contributed by atoms with Gasteiger partial charge in [0.2, 0.25) is 5.91 Å². The molecule has 2 aromatic heterocycles. The predicted octanol–water partition coefficient (Wildman–Crippen LogP) is 5.23. The number of carbonyl (C=O) groups is 1. The van der Waals surface area contributed by atoms with Gasteiger partial charge in [-0.1, -0.05) is 66.7 Å². The number of nitrogens with zero attached hydrogens (tertiary/aromatic N) is 4. The van der Waals surface area contributed by atoms with Crippen LogP contribution in [0.4, 0.5) is 0 Å². The van der Waals surface area contributed by atoms with Gasteiger partial charge in [0.1, 0.15) is 5.82 Å². The van der Waals surface area contributed by atoms with Gasteiger partial charge in [-0.15, -0.1) is 0 Å². The fourth-order valence-electron chi connectivity index (χ4n) is 4.76. The average molecular weight is 519 g/mol. The van der Waals surface area contributed by atoms with Crippen LogP contribution in [-0.2, 0) is 16.0 Å². The molecule has 7 nitrogen and oxygen atoms in total. The molecule has 7 heteroatoms. The molecule has 0 aliphatic carbocycles. The number of aromatic nitrogens is 3. The number of carbonyl (C=O) groups excluding carboxylic acids is 1. The van der Waals surface area contributed by atoms with Crippen molar-refractivity contribution >= 4 is 16.8 Å². The zero-order valence-electron chi connectivity index (χ0n) is 22.0. The molecular formula is C32H30N4O3. The Balaban J connectivity index is 1.50. The minimum Gasteiger partial charge on any atom is -0.383 e. The molecule has 2 heterocycles. The van der Waals surface area contributed by atoms with E-state index >= 15 is 0 Å². The molecule has 5 rings (SSSR count). The lowest BCUT2D eigenvalue weighted by molar-refractivity contribution is -0.133. The highest BCUT2D eigenvalue weighted by Crippen LogP contribution is 2.24. The van der Waals surface area contributed by atoms with Gasteiger partial charge in [-0.3, -0.25) is 19.1 Å². The molecule has 0 fully saturated rings. The number of fused-ring (bicyclic) bond motifs is 1. The van der Waals surface area contributed by atoms with Crippen molar-refractivity contribution in [1.82, 2.24) is 19.4 Å². The van der Waals surface area contributed by atoms with E-state index in [1.54, 1.807) is 47.2 Å². The largest absolute Gasteiger partial charge is 0.383 e. The summed E-state index contributed by atoms with van der Waals surface area (Å²) in [6.45, 7) is 2.62. The second-order valence-electron chi connectivity index (χ2n) is 9.33. The van der Waals surface area contributed by atoms with Gasteiger partial charge in [-0.25, -0.2) is 4.98 Å². The standard InChI is InChI=1S/C32H30N4O3/c1-23(31-34-29-11-7-6-10-28(29)32(38)36(31)27-16-18-33-19-17-27)35(20-21-39-2)30(37)22-24-12-14-26(15-13-24)25-8-4-3-5-9-25/h3-19,23H,20-22H2,1-2H3. The van der Waals surface area contributed by atoms with Crippen LogP contribution >= 0.6 is 0 Å². The monoisotopic (exact) mass is 518 g/mol. The summed E-state index contributed by atoms with van der Waals surface area (Å²) >= 11 is 0. The number of ether oxygens (including phenoxy) is 1. The first-order valence-corrected chi connectivity index (χ1v) is 12.9. The first kappa shape index (κ1) is 26.0. The van der Waals surface area contributed by atoms with E-state index in [1.807, 2.05) is 67.6 Å². The summed E-state index contributed by atoms with van der Waals surface area (Å²) in [5, 5.41) is 0.513. The van der Waals surface area contributed by atoms with Crippen molar-refractivity contribution in [1.29, 1.82) is 0 Å². The van der Waals surface area contributed by atoms with E-state index in [9.17, 15) is 9.59 Å². The first-order valence-electron chi connectivity index (χ1n) is 12.9. The fraction of sp³-hybridized carbons (Fsp3) is 0.188. The maximum Gasteiger partial charge on any atom is 0.266 e. The zero-order valence-corrected chi connectivity index (χ0v) is 22.0. The van der Waals surface area contributed by atoms with Crippen LogP contribution in [0, 0.1) is 0 Å². The number of hydrogen-bond acceptors (Lipinski definition) is 5. The number of para-hydroxylation sites is 1. The Bertz CT molecular complexity index is 1620. The first-order chi connectivity index (χ1) is 19.1. The molecule has 0 bridgehead atoms. The number of benzene rings is 3. The van der Waals surface area contributed by atoms with Crippen LogP contribution in [-0.4, -0.2) is 45.6 Å². The Morgan fingerprint density at radius 1 is 0.897 bits per heavy atom. The topological polar surface area (TPSA) is 77.3 Å². The number of hydrogen-bond donors (Lipinski definition) is 0. The molecule has 1 atom stereocenters. The lowest BCUT2D eigenvalue weighted by atomic mass is 10.0. The molecule has 5 aromatic rings. The molecular weight excluding hydrogens is 488 g/mol. The molecule has 0 radical (unpaired) electrons. The maximum absolute atomic E-state index is 13.7. The summed E-state index contributed by atoms with van der Waals surface area (Å²) in [5.74, 6) is 0.407. The predicted molar refractivity (Wildman–Crippen MR) is 153 cm³/mol. The summed E-state index contributed by atoms with van der Waals surface area (Å²) in [7, 11) is 1.61. The van der Waals surface area contributed by atoms with Crippen molar-refractivity contribution in [3.63, 3.8) is 0 Å². The van der Waals surface area contributed by atoms with Gasteiger partial charge in [-0.05, 0) is 47.9 Å². The summed E-state index contributed by atoms with van der Waals surface area (Å²) < 4.78 is 6.92. The van der Waals surface area contributed by atoms with E-state index in [0.717, 1.165) is 16.7 Å². The second kappa shape index (κ2) is 11.8. The summed E-state index contributed by atoms with van der Waals surface area (Å²) in [6.07, 6.45) is 3.49. The molecule has 196 valence electrons. The lowest BCUT2D eigenvalue weighted by Crippen LogP contribution is -2.40. The number of rotatable bonds is 9. The van der Waals surface area contributed by atoms with Gasteiger partial charge < -0.3 is 9.64 Å². The molecule has 0 saturated heterocycles. The third-order valence-electron chi connectivity index (χ3n) is 6.84. The van der Waals surface area contributed by atoms with Crippen LogP contribution in [0.5, 0.6) is 0 Å². The summed E-state index contributed by atoms with van der Waals surface area (Å²) in [5.41, 5.74) is 4.17. The molecule has 0 spiro atoms. The molecule has 1 amide bonds. The normalized spacial score (nSPS) is 11.8. The minimum absolute atomic E-state index is 0.0734. The van der Waals surface area contributed by atoms with Crippen molar-refractivity contribution in [3.8, 4) is 16.8 Å². The molecule has 0 aliphatic heterocycles. The molecule has 3 aromatic carbocycles. The molecule has 1 unspecified atom stereocenters. The molecule has 0 N–H and O–H groups in total. The summed E-state index contributed by atoms with van der Waals surface area (Å²) in [4.78, 5) is 38.1. The van der Waals surface area contributed by atoms with Gasteiger partial charge in [0.05, 0.1) is 35.7 Å². The Labute approximate surface area is 227 Å².